The predicted octanol–water partition coefficient (Wildman–Crippen LogP) is 4.45. The summed E-state index contributed by atoms with van der Waals surface area (Å²) in [7, 11) is 1.63. The van der Waals surface area contributed by atoms with Crippen LogP contribution in [0.25, 0.3) is 5.69 Å². The first-order chi connectivity index (χ1) is 12.1. The molecule has 6 heteroatoms. The third-order valence-corrected chi connectivity index (χ3v) is 3.86. The van der Waals surface area contributed by atoms with Gasteiger partial charge < -0.3 is 9.30 Å². The van der Waals surface area contributed by atoms with E-state index < -0.39 is 4.92 Å². The van der Waals surface area contributed by atoms with E-state index in [1.165, 1.54) is 12.1 Å². The number of hydrogen-bond acceptors (Lipinski definition) is 4. The molecular weight excluding hydrogens is 318 g/mol. The number of nitrogens with zero attached hydrogens (tertiary/aromatic N) is 3. The molecule has 1 aromatic heterocycles. The lowest BCUT2D eigenvalue weighted by Crippen LogP contribution is -1.98. The number of nitro groups is 1. The number of aryl methyl sites for hydroxylation is 1. The molecule has 0 unspecified atom stereocenters. The second kappa shape index (κ2) is 7.00. The van der Waals surface area contributed by atoms with E-state index in [-0.39, 0.29) is 5.69 Å². The molecule has 1 heterocycles. The van der Waals surface area contributed by atoms with Crippen LogP contribution in [0.4, 0.5) is 11.4 Å². The number of non-ortho nitro benzene ring substituents is 1. The zero-order chi connectivity index (χ0) is 17.8. The molecule has 0 spiro atoms. The van der Waals surface area contributed by atoms with E-state index in [1.807, 2.05) is 54.1 Å². The molecule has 0 N–H and O–H groups in total. The summed E-state index contributed by atoms with van der Waals surface area (Å²) in [5, 5.41) is 10.8. The molecule has 0 bridgehead atoms. The van der Waals surface area contributed by atoms with Crippen LogP contribution in [0.2, 0.25) is 0 Å². The lowest BCUT2D eigenvalue weighted by Gasteiger charge is -2.07. The fraction of sp³-hybridized carbons (Fsp3) is 0.105. The van der Waals surface area contributed by atoms with Crippen molar-refractivity contribution in [2.75, 3.05) is 7.11 Å². The first-order valence-corrected chi connectivity index (χ1v) is 7.69. The Kier molecular flexibility index (Phi) is 4.61. The van der Waals surface area contributed by atoms with E-state index in [2.05, 4.69) is 4.99 Å². The van der Waals surface area contributed by atoms with E-state index in [9.17, 15) is 10.1 Å². The minimum Gasteiger partial charge on any atom is -0.497 e. The summed E-state index contributed by atoms with van der Waals surface area (Å²) in [4.78, 5) is 14.9. The van der Waals surface area contributed by atoms with Crippen LogP contribution in [0.5, 0.6) is 5.75 Å². The molecule has 25 heavy (non-hydrogen) atoms. The molecule has 3 aromatic rings. The van der Waals surface area contributed by atoms with Crippen LogP contribution in [0.1, 0.15) is 11.3 Å². The predicted molar refractivity (Wildman–Crippen MR) is 97.4 cm³/mol. The Morgan fingerprint density at radius 1 is 1.16 bits per heavy atom. The Morgan fingerprint density at radius 3 is 2.56 bits per heavy atom. The lowest BCUT2D eigenvalue weighted by atomic mass is 10.2. The van der Waals surface area contributed by atoms with Gasteiger partial charge in [-0.2, -0.15) is 0 Å². The summed E-state index contributed by atoms with van der Waals surface area (Å²) in [6.45, 7) is 1.81. The maximum absolute atomic E-state index is 10.8. The molecule has 3 rings (SSSR count). The zero-order valence-electron chi connectivity index (χ0n) is 13.9. The highest BCUT2D eigenvalue weighted by Gasteiger charge is 2.07. The van der Waals surface area contributed by atoms with Crippen LogP contribution in [0.15, 0.2) is 65.8 Å². The average Bonchev–Trinajstić information content (AvgIpc) is 3.09. The van der Waals surface area contributed by atoms with Crippen molar-refractivity contribution in [2.45, 2.75) is 6.92 Å². The van der Waals surface area contributed by atoms with Gasteiger partial charge in [-0.1, -0.05) is 0 Å². The molecule has 2 aromatic carbocycles. The van der Waals surface area contributed by atoms with E-state index in [4.69, 9.17) is 4.74 Å². The van der Waals surface area contributed by atoms with Crippen molar-refractivity contribution in [2.24, 2.45) is 4.99 Å². The van der Waals surface area contributed by atoms with Crippen LogP contribution < -0.4 is 4.74 Å². The standard InChI is InChI=1S/C19H17N3O3/c1-14-12-16(22(23)24)7-10-19(14)20-13-17-4-3-11-21(17)15-5-8-18(25-2)9-6-15/h3-13H,1-2H3. The molecule has 0 aliphatic rings. The topological polar surface area (TPSA) is 69.7 Å². The van der Waals surface area contributed by atoms with Gasteiger partial charge in [-0.15, -0.1) is 0 Å². The normalized spacial score (nSPS) is 11.0. The maximum atomic E-state index is 10.8. The van der Waals surface area contributed by atoms with Crippen LogP contribution >= 0.6 is 0 Å². The minimum absolute atomic E-state index is 0.0676. The van der Waals surface area contributed by atoms with Gasteiger partial charge in [0, 0.05) is 24.0 Å². The van der Waals surface area contributed by atoms with Gasteiger partial charge in [0.15, 0.2) is 0 Å². The van der Waals surface area contributed by atoms with Crippen LogP contribution in [-0.2, 0) is 0 Å². The molecule has 126 valence electrons. The summed E-state index contributed by atoms with van der Waals surface area (Å²) in [6.07, 6.45) is 3.70. The molecule has 0 amide bonds. The largest absolute Gasteiger partial charge is 0.497 e. The fourth-order valence-corrected chi connectivity index (χ4v) is 2.51. The van der Waals surface area contributed by atoms with Crippen molar-refractivity contribution in [1.29, 1.82) is 0 Å². The number of ether oxygens (including phenoxy) is 1. The summed E-state index contributed by atoms with van der Waals surface area (Å²) in [5.41, 5.74) is 3.43. The zero-order valence-corrected chi connectivity index (χ0v) is 13.9. The molecule has 0 atom stereocenters. The number of hydrogen-bond donors (Lipinski definition) is 0. The third kappa shape index (κ3) is 3.58. The Hall–Kier alpha value is -3.41. The van der Waals surface area contributed by atoms with Gasteiger partial charge in [0.05, 0.1) is 29.6 Å². The van der Waals surface area contributed by atoms with Crippen molar-refractivity contribution >= 4 is 17.6 Å². The Bertz CT molecular complexity index is 927. The number of rotatable bonds is 5. The lowest BCUT2D eigenvalue weighted by molar-refractivity contribution is -0.384. The summed E-state index contributed by atoms with van der Waals surface area (Å²) in [5.74, 6) is 0.799. The van der Waals surface area contributed by atoms with Crippen molar-refractivity contribution < 1.29 is 9.66 Å². The SMILES string of the molecule is COc1ccc(-n2cccc2C=Nc2ccc([N+](=O)[O-])cc2C)cc1. The maximum Gasteiger partial charge on any atom is 0.269 e. The van der Waals surface area contributed by atoms with Gasteiger partial charge in [-0.25, -0.2) is 0 Å². The molecule has 0 aliphatic carbocycles. The summed E-state index contributed by atoms with van der Waals surface area (Å²) < 4.78 is 7.18. The molecule has 0 saturated heterocycles. The van der Waals surface area contributed by atoms with E-state index >= 15 is 0 Å². The first kappa shape index (κ1) is 16.4. The van der Waals surface area contributed by atoms with Crippen molar-refractivity contribution in [3.05, 3.63) is 82.2 Å². The van der Waals surface area contributed by atoms with Gasteiger partial charge in [-0.3, -0.25) is 15.1 Å². The van der Waals surface area contributed by atoms with E-state index in [1.54, 1.807) is 19.4 Å². The van der Waals surface area contributed by atoms with Crippen LogP contribution in [-0.4, -0.2) is 22.8 Å². The Balaban J connectivity index is 1.88. The third-order valence-electron chi connectivity index (χ3n) is 3.86. The molecule has 6 nitrogen and oxygen atoms in total. The fourth-order valence-electron chi connectivity index (χ4n) is 2.51. The smallest absolute Gasteiger partial charge is 0.269 e. The summed E-state index contributed by atoms with van der Waals surface area (Å²) >= 11 is 0. The van der Waals surface area contributed by atoms with Crippen LogP contribution in [0.3, 0.4) is 0 Å². The monoisotopic (exact) mass is 335 g/mol. The minimum atomic E-state index is -0.407. The van der Waals surface area contributed by atoms with Gasteiger partial charge in [0.1, 0.15) is 5.75 Å². The summed E-state index contributed by atoms with van der Waals surface area (Å²) in [6, 6.07) is 16.3. The van der Waals surface area contributed by atoms with E-state index in [0.717, 1.165) is 22.7 Å². The van der Waals surface area contributed by atoms with Gasteiger partial charge >= 0.3 is 0 Å². The van der Waals surface area contributed by atoms with Crippen molar-refractivity contribution in [3.8, 4) is 11.4 Å². The van der Waals surface area contributed by atoms with Gasteiger partial charge in [0.25, 0.3) is 5.69 Å². The number of benzene rings is 2. The highest BCUT2D eigenvalue weighted by Crippen LogP contribution is 2.24. The van der Waals surface area contributed by atoms with Crippen molar-refractivity contribution in [3.63, 3.8) is 0 Å². The second-order valence-corrected chi connectivity index (χ2v) is 5.49. The second-order valence-electron chi connectivity index (χ2n) is 5.49. The number of aromatic nitrogens is 1. The molecule has 0 aliphatic heterocycles. The van der Waals surface area contributed by atoms with Crippen LogP contribution in [0, 0.1) is 17.0 Å². The quantitative estimate of drug-likeness (QED) is 0.393. The Labute approximate surface area is 145 Å². The van der Waals surface area contributed by atoms with E-state index in [0.29, 0.717) is 5.69 Å². The number of aliphatic imine (C=N–C) groups is 1. The number of methoxy groups -OCH3 is 1. The first-order valence-electron chi connectivity index (χ1n) is 7.69. The Morgan fingerprint density at radius 2 is 1.92 bits per heavy atom. The van der Waals surface area contributed by atoms with Gasteiger partial charge in [0.2, 0.25) is 0 Å². The highest BCUT2D eigenvalue weighted by molar-refractivity contribution is 5.81. The molecule has 0 radical (unpaired) electrons. The van der Waals surface area contributed by atoms with Crippen molar-refractivity contribution in [1.82, 2.24) is 4.57 Å². The molecular formula is C19H17N3O3. The number of nitro benzene ring substituents is 1. The highest BCUT2D eigenvalue weighted by atomic mass is 16.6. The average molecular weight is 335 g/mol. The van der Waals surface area contributed by atoms with Gasteiger partial charge in [-0.05, 0) is 55.0 Å². The molecule has 0 fully saturated rings. The molecule has 0 saturated carbocycles.